The third-order valence-electron chi connectivity index (χ3n) is 5.31. The Morgan fingerprint density at radius 2 is 2.13 bits per heavy atom. The average Bonchev–Trinajstić information content (AvgIpc) is 3.53. The number of benzene rings is 1. The zero-order chi connectivity index (χ0) is 20.9. The van der Waals surface area contributed by atoms with Gasteiger partial charge >= 0.3 is 0 Å². The number of rotatable bonds is 4. The summed E-state index contributed by atoms with van der Waals surface area (Å²) < 4.78 is 1.83. The van der Waals surface area contributed by atoms with Crippen molar-refractivity contribution in [1.29, 1.82) is 5.26 Å². The fourth-order valence-corrected chi connectivity index (χ4v) is 3.53. The molecule has 0 radical (unpaired) electrons. The molecule has 1 atom stereocenters. The first-order valence-corrected chi connectivity index (χ1v) is 10.4. The van der Waals surface area contributed by atoms with Gasteiger partial charge in [-0.2, -0.15) is 14.9 Å². The lowest BCUT2D eigenvalue weighted by Gasteiger charge is -2.16. The van der Waals surface area contributed by atoms with Gasteiger partial charge in [0.2, 0.25) is 0 Å². The van der Waals surface area contributed by atoms with Gasteiger partial charge in [0.25, 0.3) is 0 Å². The number of aliphatic hydroxyl groups is 1. The van der Waals surface area contributed by atoms with E-state index in [1.807, 2.05) is 42.0 Å². The monoisotopic (exact) mass is 405 g/mol. The molecule has 3 aromatic rings. The first kappa shape index (κ1) is 20.1. The van der Waals surface area contributed by atoms with Gasteiger partial charge in [-0.3, -0.25) is 0 Å². The number of aromatic nitrogens is 3. The minimum atomic E-state index is -0.0752. The standard InChI is InChI=1S/C17H16N6.C5H11NO/c1-19-15-8-16(21-13-4-2-3-11(7-13)9-18)23-17(22-15)14(10-20-23)12-5-6-12;7-5-2-1-3-6-4-5/h2-4,7-8,10,12,21H,5-6H2,1H3,(H,19,22);5-7H,1-4H2. The highest BCUT2D eigenvalue weighted by molar-refractivity contribution is 5.66. The number of hydrogen-bond donors (Lipinski definition) is 4. The van der Waals surface area contributed by atoms with Crippen molar-refractivity contribution in [3.63, 3.8) is 0 Å². The van der Waals surface area contributed by atoms with E-state index in [1.165, 1.54) is 18.4 Å². The molecule has 1 saturated heterocycles. The van der Waals surface area contributed by atoms with E-state index in [1.54, 1.807) is 6.07 Å². The molecule has 1 unspecified atom stereocenters. The van der Waals surface area contributed by atoms with Gasteiger partial charge in [-0.15, -0.1) is 0 Å². The highest BCUT2D eigenvalue weighted by atomic mass is 16.3. The second kappa shape index (κ2) is 9.11. The number of piperidine rings is 1. The molecule has 3 heterocycles. The molecule has 30 heavy (non-hydrogen) atoms. The van der Waals surface area contributed by atoms with E-state index in [0.29, 0.717) is 11.5 Å². The van der Waals surface area contributed by atoms with E-state index in [2.05, 4.69) is 32.1 Å². The van der Waals surface area contributed by atoms with E-state index < -0.39 is 0 Å². The number of fused-ring (bicyclic) bond motifs is 1. The molecule has 8 heteroatoms. The van der Waals surface area contributed by atoms with Crippen LogP contribution in [0, 0.1) is 11.3 Å². The fraction of sp³-hybridized carbons (Fsp3) is 0.409. The summed E-state index contributed by atoms with van der Waals surface area (Å²) in [5.41, 5.74) is 3.56. The van der Waals surface area contributed by atoms with Crippen LogP contribution >= 0.6 is 0 Å². The van der Waals surface area contributed by atoms with Crippen LogP contribution in [0.25, 0.3) is 5.65 Å². The summed E-state index contributed by atoms with van der Waals surface area (Å²) in [6, 6.07) is 11.5. The van der Waals surface area contributed by atoms with Gasteiger partial charge in [0, 0.05) is 30.9 Å². The number of anilines is 3. The van der Waals surface area contributed by atoms with E-state index in [-0.39, 0.29) is 6.10 Å². The zero-order valence-electron chi connectivity index (χ0n) is 17.1. The molecule has 5 rings (SSSR count). The van der Waals surface area contributed by atoms with Crippen LogP contribution in [0.1, 0.15) is 42.7 Å². The van der Waals surface area contributed by atoms with Crippen LogP contribution in [0.15, 0.2) is 36.5 Å². The van der Waals surface area contributed by atoms with Crippen LogP contribution in [0.2, 0.25) is 0 Å². The van der Waals surface area contributed by atoms with Gasteiger partial charge in [-0.05, 0) is 56.3 Å². The lowest BCUT2D eigenvalue weighted by Crippen LogP contribution is -2.33. The number of aliphatic hydroxyl groups excluding tert-OH is 1. The number of nitrogens with one attached hydrogen (secondary N) is 3. The van der Waals surface area contributed by atoms with Crippen LogP contribution in [0.5, 0.6) is 0 Å². The summed E-state index contributed by atoms with van der Waals surface area (Å²) in [5.74, 6) is 2.20. The summed E-state index contributed by atoms with van der Waals surface area (Å²) in [6.45, 7) is 1.87. The van der Waals surface area contributed by atoms with Crippen molar-refractivity contribution in [1.82, 2.24) is 19.9 Å². The second-order valence-electron chi connectivity index (χ2n) is 7.70. The van der Waals surface area contributed by atoms with Crippen LogP contribution in [0.3, 0.4) is 0 Å². The van der Waals surface area contributed by atoms with Crippen molar-refractivity contribution in [3.05, 3.63) is 47.7 Å². The molecule has 2 aromatic heterocycles. The van der Waals surface area contributed by atoms with Crippen LogP contribution < -0.4 is 16.0 Å². The van der Waals surface area contributed by atoms with Crippen molar-refractivity contribution in [2.75, 3.05) is 30.8 Å². The summed E-state index contributed by atoms with van der Waals surface area (Å²) >= 11 is 0. The Hall–Kier alpha value is -3.15. The first-order valence-electron chi connectivity index (χ1n) is 10.4. The van der Waals surface area contributed by atoms with Crippen molar-refractivity contribution in [2.24, 2.45) is 0 Å². The molecule has 0 bridgehead atoms. The summed E-state index contributed by atoms with van der Waals surface area (Å²) in [5, 5.41) is 31.9. The molecule has 2 aliphatic rings. The molecule has 4 N–H and O–H groups in total. The topological polar surface area (TPSA) is 110 Å². The van der Waals surface area contributed by atoms with Crippen molar-refractivity contribution in [2.45, 2.75) is 37.7 Å². The molecule has 8 nitrogen and oxygen atoms in total. The Bertz CT molecular complexity index is 1050. The molecule has 0 spiro atoms. The summed E-state index contributed by atoms with van der Waals surface area (Å²) in [7, 11) is 1.85. The molecule has 0 amide bonds. The zero-order valence-corrected chi connectivity index (χ0v) is 17.1. The smallest absolute Gasteiger partial charge is 0.163 e. The second-order valence-corrected chi connectivity index (χ2v) is 7.70. The molecule has 2 fully saturated rings. The minimum Gasteiger partial charge on any atom is -0.392 e. The molecule has 1 aliphatic heterocycles. The Labute approximate surface area is 175 Å². The van der Waals surface area contributed by atoms with Crippen LogP contribution in [-0.4, -0.2) is 45.9 Å². The lowest BCUT2D eigenvalue weighted by atomic mass is 10.1. The molecule has 1 aromatic carbocycles. The largest absolute Gasteiger partial charge is 0.392 e. The van der Waals surface area contributed by atoms with Crippen molar-refractivity contribution < 1.29 is 5.11 Å². The molecule has 1 saturated carbocycles. The number of nitrogens with zero attached hydrogens (tertiary/aromatic N) is 4. The highest BCUT2D eigenvalue weighted by Gasteiger charge is 2.28. The molecular formula is C22H27N7O. The maximum atomic E-state index is 9.04. The van der Waals surface area contributed by atoms with Gasteiger partial charge < -0.3 is 21.1 Å². The van der Waals surface area contributed by atoms with Crippen LogP contribution in [-0.2, 0) is 0 Å². The Kier molecular flexibility index (Phi) is 6.12. The van der Waals surface area contributed by atoms with Gasteiger partial charge in [-0.25, -0.2) is 4.98 Å². The average molecular weight is 406 g/mol. The maximum Gasteiger partial charge on any atom is 0.163 e. The minimum absolute atomic E-state index is 0.0752. The Balaban J connectivity index is 0.000000265. The van der Waals surface area contributed by atoms with Crippen molar-refractivity contribution in [3.8, 4) is 6.07 Å². The lowest BCUT2D eigenvalue weighted by molar-refractivity contribution is 0.142. The van der Waals surface area contributed by atoms with Crippen LogP contribution in [0.4, 0.5) is 17.3 Å². The quantitative estimate of drug-likeness (QED) is 0.528. The number of β-amino-alcohol motifs (C(OH)–C–C–N with tert-alkyl or cyclic N) is 1. The summed E-state index contributed by atoms with van der Waals surface area (Å²) in [4.78, 5) is 4.65. The van der Waals surface area contributed by atoms with E-state index in [4.69, 9.17) is 10.4 Å². The molecular weight excluding hydrogens is 378 g/mol. The van der Waals surface area contributed by atoms with Gasteiger partial charge in [0.15, 0.2) is 5.65 Å². The Morgan fingerprint density at radius 1 is 1.27 bits per heavy atom. The van der Waals surface area contributed by atoms with E-state index in [9.17, 15) is 0 Å². The predicted molar refractivity (Wildman–Crippen MR) is 117 cm³/mol. The van der Waals surface area contributed by atoms with Gasteiger partial charge in [0.1, 0.15) is 11.6 Å². The number of nitriles is 1. The maximum absolute atomic E-state index is 9.04. The Morgan fingerprint density at radius 3 is 2.77 bits per heavy atom. The third kappa shape index (κ3) is 4.70. The number of hydrogen-bond acceptors (Lipinski definition) is 7. The van der Waals surface area contributed by atoms with E-state index >= 15 is 0 Å². The van der Waals surface area contributed by atoms with Gasteiger partial charge in [0.05, 0.1) is 23.9 Å². The molecule has 156 valence electrons. The first-order chi connectivity index (χ1) is 14.7. The third-order valence-corrected chi connectivity index (χ3v) is 5.31. The molecule has 1 aliphatic carbocycles. The van der Waals surface area contributed by atoms with Crippen molar-refractivity contribution >= 4 is 23.0 Å². The fourth-order valence-electron chi connectivity index (χ4n) is 3.53. The summed E-state index contributed by atoms with van der Waals surface area (Å²) in [6.07, 6.45) is 6.36. The van der Waals surface area contributed by atoms with Gasteiger partial charge in [-0.1, -0.05) is 6.07 Å². The van der Waals surface area contributed by atoms with E-state index in [0.717, 1.165) is 48.9 Å². The highest BCUT2D eigenvalue weighted by Crippen LogP contribution is 2.42. The predicted octanol–water partition coefficient (Wildman–Crippen LogP) is 2.99. The SMILES string of the molecule is CNc1cc(Nc2cccc(C#N)c2)n2ncc(C3CC3)c2n1.OC1CCCNC1. The normalized spacial score (nSPS) is 18.2.